The number of aromatic nitrogens is 2. The van der Waals surface area contributed by atoms with Gasteiger partial charge in [0, 0.05) is 23.6 Å². The SMILES string of the molecule is CC#CC(=O)N[C@H](C)c1nn(-c2ccccc2)c2c1[C@H](c1ccc(F)cc1)[C@H](NC(=O)c1cccc(C(F)(F)F)c1)C(=O)N2CC. The predicted octanol–water partition coefficient (Wildman–Crippen LogP) is 5.53. The molecule has 3 amide bonds. The zero-order valence-electron chi connectivity index (χ0n) is 25.0. The van der Waals surface area contributed by atoms with Crippen LogP contribution < -0.4 is 15.5 Å². The molecule has 0 bridgehead atoms. The van der Waals surface area contributed by atoms with E-state index in [0.717, 1.165) is 12.1 Å². The first kappa shape index (κ1) is 32.0. The molecule has 8 nitrogen and oxygen atoms in total. The number of halogens is 4. The largest absolute Gasteiger partial charge is 0.416 e. The average molecular weight is 632 g/mol. The van der Waals surface area contributed by atoms with E-state index < -0.39 is 53.3 Å². The van der Waals surface area contributed by atoms with Gasteiger partial charge in [0.25, 0.3) is 17.7 Å². The predicted molar refractivity (Wildman–Crippen MR) is 163 cm³/mol. The Morgan fingerprint density at radius 1 is 1.02 bits per heavy atom. The Hall–Kier alpha value is -5.44. The Kier molecular flexibility index (Phi) is 8.96. The summed E-state index contributed by atoms with van der Waals surface area (Å²) in [5, 5.41) is 10.3. The van der Waals surface area contributed by atoms with Crippen LogP contribution in [0.15, 0.2) is 78.9 Å². The van der Waals surface area contributed by atoms with Crippen molar-refractivity contribution < 1.29 is 31.9 Å². The summed E-state index contributed by atoms with van der Waals surface area (Å²) in [6.45, 7) is 5.08. The molecular weight excluding hydrogens is 602 g/mol. The highest BCUT2D eigenvalue weighted by Crippen LogP contribution is 2.45. The Morgan fingerprint density at radius 2 is 1.72 bits per heavy atom. The molecule has 3 atom stereocenters. The number of hydrogen-bond acceptors (Lipinski definition) is 4. The van der Waals surface area contributed by atoms with Gasteiger partial charge in [-0.15, -0.1) is 0 Å². The fourth-order valence-corrected chi connectivity index (χ4v) is 5.60. The van der Waals surface area contributed by atoms with Crippen LogP contribution in [-0.2, 0) is 15.8 Å². The minimum atomic E-state index is -4.69. The van der Waals surface area contributed by atoms with E-state index in [9.17, 15) is 31.9 Å². The normalized spacial score (nSPS) is 16.6. The van der Waals surface area contributed by atoms with Crippen molar-refractivity contribution in [2.45, 2.75) is 44.9 Å². The Labute approximate surface area is 262 Å². The van der Waals surface area contributed by atoms with E-state index in [1.54, 1.807) is 42.8 Å². The molecule has 1 aliphatic rings. The van der Waals surface area contributed by atoms with Crippen LogP contribution in [0.25, 0.3) is 5.69 Å². The first-order chi connectivity index (χ1) is 21.9. The van der Waals surface area contributed by atoms with Gasteiger partial charge in [0.2, 0.25) is 0 Å². The molecule has 0 fully saturated rings. The van der Waals surface area contributed by atoms with Crippen molar-refractivity contribution in [1.29, 1.82) is 0 Å². The summed E-state index contributed by atoms with van der Waals surface area (Å²) in [5.41, 5.74) is 0.531. The second-order valence-electron chi connectivity index (χ2n) is 10.6. The van der Waals surface area contributed by atoms with Crippen LogP contribution in [0.2, 0.25) is 0 Å². The molecule has 3 aromatic carbocycles. The highest BCUT2D eigenvalue weighted by atomic mass is 19.4. The first-order valence-corrected chi connectivity index (χ1v) is 14.4. The molecule has 0 radical (unpaired) electrons. The molecule has 2 heterocycles. The number of anilines is 1. The minimum absolute atomic E-state index is 0.137. The second-order valence-corrected chi connectivity index (χ2v) is 10.6. The fraction of sp³-hybridized carbons (Fsp3) is 0.235. The zero-order chi connectivity index (χ0) is 33.2. The number of likely N-dealkylation sites (N-methyl/N-ethyl adjacent to an activating group) is 1. The van der Waals surface area contributed by atoms with Crippen molar-refractivity contribution in [3.63, 3.8) is 0 Å². The molecule has 4 aromatic rings. The zero-order valence-corrected chi connectivity index (χ0v) is 25.0. The average Bonchev–Trinajstić information content (AvgIpc) is 3.42. The maximum atomic E-state index is 14.3. The van der Waals surface area contributed by atoms with Gasteiger partial charge in [-0.25, -0.2) is 9.07 Å². The van der Waals surface area contributed by atoms with Crippen molar-refractivity contribution in [1.82, 2.24) is 20.4 Å². The third kappa shape index (κ3) is 6.21. The smallest absolute Gasteiger partial charge is 0.339 e. The topological polar surface area (TPSA) is 96.3 Å². The molecule has 12 heteroatoms. The molecular formula is C34H29F4N5O3. The number of hydrogen-bond donors (Lipinski definition) is 2. The maximum absolute atomic E-state index is 14.3. The molecule has 46 heavy (non-hydrogen) atoms. The maximum Gasteiger partial charge on any atom is 0.416 e. The van der Waals surface area contributed by atoms with E-state index in [1.807, 2.05) is 6.07 Å². The fourth-order valence-electron chi connectivity index (χ4n) is 5.60. The van der Waals surface area contributed by atoms with E-state index in [1.165, 1.54) is 42.2 Å². The standard InChI is InChI=1S/C34H29F4N5O3/c1-4-10-26(44)39-20(3)29-28-27(21-15-17-24(35)18-16-21)30(40-31(45)22-11-9-12-23(19-22)34(36,37)38)33(46)42(5-2)32(28)43(41-29)25-13-7-6-8-14-25/h6-9,11-20,27,30H,5H2,1-3H3,(H,39,44)(H,40,45)/t20-,27+,30+/m1/s1. The van der Waals surface area contributed by atoms with Crippen LogP contribution in [0.1, 0.15) is 65.5 Å². The van der Waals surface area contributed by atoms with Gasteiger partial charge in [-0.05, 0) is 74.7 Å². The van der Waals surface area contributed by atoms with Crippen molar-refractivity contribution in [2.24, 2.45) is 0 Å². The molecule has 0 unspecified atom stereocenters. The number of carbonyl (C=O) groups excluding carboxylic acids is 3. The van der Waals surface area contributed by atoms with E-state index in [2.05, 4.69) is 22.5 Å². The second kappa shape index (κ2) is 12.9. The van der Waals surface area contributed by atoms with E-state index >= 15 is 0 Å². The highest BCUT2D eigenvalue weighted by molar-refractivity contribution is 6.05. The van der Waals surface area contributed by atoms with Crippen LogP contribution in [0, 0.1) is 17.7 Å². The lowest BCUT2D eigenvalue weighted by atomic mass is 9.80. The van der Waals surface area contributed by atoms with Gasteiger partial charge < -0.3 is 10.6 Å². The van der Waals surface area contributed by atoms with Crippen molar-refractivity contribution in [3.05, 3.63) is 113 Å². The number of amides is 3. The molecule has 0 spiro atoms. The van der Waals surface area contributed by atoms with E-state index in [4.69, 9.17) is 5.10 Å². The van der Waals surface area contributed by atoms with Crippen LogP contribution in [0.4, 0.5) is 23.4 Å². The van der Waals surface area contributed by atoms with E-state index in [0.29, 0.717) is 34.4 Å². The summed E-state index contributed by atoms with van der Waals surface area (Å²) < 4.78 is 56.1. The van der Waals surface area contributed by atoms with Crippen LogP contribution in [0.3, 0.4) is 0 Å². The van der Waals surface area contributed by atoms with Gasteiger partial charge in [-0.1, -0.05) is 42.3 Å². The number of carbonyl (C=O) groups is 3. The molecule has 1 aromatic heterocycles. The third-order valence-corrected chi connectivity index (χ3v) is 7.64. The van der Waals surface area contributed by atoms with Gasteiger partial charge in [-0.3, -0.25) is 19.3 Å². The molecule has 0 saturated carbocycles. The Balaban J connectivity index is 1.73. The Morgan fingerprint density at radius 3 is 2.35 bits per heavy atom. The van der Waals surface area contributed by atoms with Crippen molar-refractivity contribution in [2.75, 3.05) is 11.4 Å². The monoisotopic (exact) mass is 631 g/mol. The molecule has 0 aliphatic carbocycles. The number of nitrogens with zero attached hydrogens (tertiary/aromatic N) is 3. The Bertz CT molecular complexity index is 1840. The number of para-hydroxylation sites is 1. The lowest BCUT2D eigenvalue weighted by Crippen LogP contribution is -2.55. The van der Waals surface area contributed by atoms with Crippen molar-refractivity contribution in [3.8, 4) is 17.5 Å². The number of fused-ring (bicyclic) bond motifs is 1. The van der Waals surface area contributed by atoms with Crippen LogP contribution in [-0.4, -0.2) is 40.1 Å². The summed E-state index contributed by atoms with van der Waals surface area (Å²) in [6, 6.07) is 16.1. The number of nitrogens with one attached hydrogen (secondary N) is 2. The van der Waals surface area contributed by atoms with Gasteiger partial charge in [0.15, 0.2) is 0 Å². The lowest BCUT2D eigenvalue weighted by Gasteiger charge is -2.39. The van der Waals surface area contributed by atoms with Crippen LogP contribution >= 0.6 is 0 Å². The third-order valence-electron chi connectivity index (χ3n) is 7.64. The quantitative estimate of drug-likeness (QED) is 0.207. The highest BCUT2D eigenvalue weighted by Gasteiger charge is 2.47. The summed E-state index contributed by atoms with van der Waals surface area (Å²) >= 11 is 0. The van der Waals surface area contributed by atoms with Gasteiger partial charge in [-0.2, -0.15) is 18.3 Å². The number of alkyl halides is 3. The number of benzene rings is 3. The van der Waals surface area contributed by atoms with Gasteiger partial charge >= 0.3 is 6.18 Å². The molecule has 5 rings (SSSR count). The lowest BCUT2D eigenvalue weighted by molar-refractivity contribution is -0.137. The van der Waals surface area contributed by atoms with Crippen molar-refractivity contribution >= 4 is 23.5 Å². The summed E-state index contributed by atoms with van der Waals surface area (Å²) in [4.78, 5) is 41.8. The minimum Gasteiger partial charge on any atom is -0.339 e. The first-order valence-electron chi connectivity index (χ1n) is 14.4. The molecule has 0 saturated heterocycles. The van der Waals surface area contributed by atoms with Gasteiger partial charge in [0.1, 0.15) is 17.7 Å². The van der Waals surface area contributed by atoms with Crippen LogP contribution in [0.5, 0.6) is 0 Å². The number of rotatable bonds is 7. The summed E-state index contributed by atoms with van der Waals surface area (Å²) in [7, 11) is 0. The molecule has 236 valence electrons. The van der Waals surface area contributed by atoms with E-state index in [-0.39, 0.29) is 12.1 Å². The van der Waals surface area contributed by atoms with Gasteiger partial charge in [0.05, 0.1) is 23.0 Å². The molecule has 2 N–H and O–H groups in total. The molecule has 1 aliphatic heterocycles. The summed E-state index contributed by atoms with van der Waals surface area (Å²) in [5.74, 6) is 1.80. The summed E-state index contributed by atoms with van der Waals surface area (Å²) in [6.07, 6.45) is -4.69.